The molecule has 0 aromatic heterocycles. The third kappa shape index (κ3) is 5.88. The molecule has 2 amide bonds. The number of carbonyl (C=O) groups is 3. The van der Waals surface area contributed by atoms with E-state index in [0.717, 1.165) is 12.8 Å². The summed E-state index contributed by atoms with van der Waals surface area (Å²) in [7, 11) is 0. The van der Waals surface area contributed by atoms with Gasteiger partial charge in [0.25, 0.3) is 5.91 Å². The van der Waals surface area contributed by atoms with Gasteiger partial charge in [-0.05, 0) is 32.6 Å². The van der Waals surface area contributed by atoms with Gasteiger partial charge in [-0.3, -0.25) is 9.59 Å². The van der Waals surface area contributed by atoms with Gasteiger partial charge < -0.3 is 15.2 Å². The van der Waals surface area contributed by atoms with Crippen LogP contribution >= 0.6 is 0 Å². The first kappa shape index (κ1) is 22.6. The van der Waals surface area contributed by atoms with Crippen molar-refractivity contribution < 1.29 is 49.0 Å². The summed E-state index contributed by atoms with van der Waals surface area (Å²) < 4.78 is 0. The maximum atomic E-state index is 11.9. The molecule has 0 radical (unpaired) electrons. The van der Waals surface area contributed by atoms with Crippen LogP contribution in [-0.2, 0) is 14.4 Å². The van der Waals surface area contributed by atoms with Crippen LogP contribution in [0.2, 0.25) is 0 Å². The van der Waals surface area contributed by atoms with Crippen molar-refractivity contribution >= 4 is 23.6 Å². The topological polar surface area (TPSA) is 98.7 Å². The van der Waals surface area contributed by atoms with E-state index in [4.69, 9.17) is 0 Å². The smallest absolute Gasteiger partial charge is 0.846 e. The van der Waals surface area contributed by atoms with Crippen LogP contribution in [0.15, 0.2) is 4.99 Å². The number of nitrogens with one attached hydrogen (secondary N) is 1. The molecule has 2 unspecified atom stereocenters. The van der Waals surface area contributed by atoms with Crippen molar-refractivity contribution in [1.29, 1.82) is 0 Å². The summed E-state index contributed by atoms with van der Waals surface area (Å²) in [6.45, 7) is 8.68. The number of amides is 2. The summed E-state index contributed by atoms with van der Waals surface area (Å²) in [6.07, 6.45) is 2.02. The molecular formula is C14H23N2NaO4. The average Bonchev–Trinajstić information content (AvgIpc) is 2.28. The minimum absolute atomic E-state index is 0. The second kappa shape index (κ2) is 10.1. The van der Waals surface area contributed by atoms with Gasteiger partial charge in [-0.1, -0.05) is 27.2 Å². The van der Waals surface area contributed by atoms with Crippen LogP contribution < -0.4 is 40.0 Å². The van der Waals surface area contributed by atoms with Gasteiger partial charge in [0.05, 0.1) is 6.02 Å². The molecule has 1 rings (SSSR count). The van der Waals surface area contributed by atoms with Crippen LogP contribution in [0.4, 0.5) is 0 Å². The molecule has 0 aliphatic carbocycles. The molecule has 2 atom stereocenters. The first-order valence-electron chi connectivity index (χ1n) is 6.81. The van der Waals surface area contributed by atoms with Crippen LogP contribution in [0.25, 0.3) is 0 Å². The Labute approximate surface area is 148 Å². The quantitative estimate of drug-likeness (QED) is 0.470. The SMILES string of the molecule is CC(C)=O.CCCC(C)C1(CC)C(=O)N=C([O-])NC1=O.[Na+]. The summed E-state index contributed by atoms with van der Waals surface area (Å²) in [4.78, 5) is 36.5. The fourth-order valence-corrected chi connectivity index (χ4v) is 2.30. The predicted molar refractivity (Wildman–Crippen MR) is 73.7 cm³/mol. The zero-order chi connectivity index (χ0) is 15.9. The number of nitrogens with zero attached hydrogens (tertiary/aromatic N) is 1. The summed E-state index contributed by atoms with van der Waals surface area (Å²) in [5.41, 5.74) is -1.15. The molecule has 0 saturated heterocycles. The van der Waals surface area contributed by atoms with Gasteiger partial charge in [0.15, 0.2) is 0 Å². The molecular weight excluding hydrogens is 283 g/mol. The van der Waals surface area contributed by atoms with Crippen molar-refractivity contribution in [2.75, 3.05) is 0 Å². The minimum atomic E-state index is -1.15. The standard InChI is InChI=1S/C11H18N2O3.C3H6O.Na/c1-4-6-7(3)11(5-2)8(14)12-10(16)13-9(11)15;1-3(2)4;/h7H,4-6H2,1-3H3,(H2,12,13,14,15,16);1-2H3;/q;;+1/p-1. The number of Topliss-reactive ketones (excluding diaryl/α,β-unsaturated/α-hetero) is 1. The number of amidine groups is 1. The fraction of sp³-hybridized carbons (Fsp3) is 0.714. The van der Waals surface area contributed by atoms with Crippen molar-refractivity contribution in [2.45, 2.75) is 53.9 Å². The molecule has 0 aromatic carbocycles. The first-order chi connectivity index (χ1) is 9.22. The molecule has 1 aliphatic heterocycles. The largest absolute Gasteiger partial charge is 1.00 e. The number of hydrogen-bond acceptors (Lipinski definition) is 4. The Morgan fingerprint density at radius 1 is 1.33 bits per heavy atom. The molecule has 0 fully saturated rings. The van der Waals surface area contributed by atoms with Gasteiger partial charge in [0.1, 0.15) is 11.2 Å². The van der Waals surface area contributed by atoms with E-state index >= 15 is 0 Å². The monoisotopic (exact) mass is 306 g/mol. The Hall–Kier alpha value is -0.720. The zero-order valence-corrected chi connectivity index (χ0v) is 15.8. The maximum Gasteiger partial charge on any atom is 1.00 e. The molecule has 0 bridgehead atoms. The van der Waals surface area contributed by atoms with Crippen molar-refractivity contribution in [3.8, 4) is 0 Å². The Morgan fingerprint density at radius 2 is 1.81 bits per heavy atom. The van der Waals surface area contributed by atoms with Crippen LogP contribution in [0.5, 0.6) is 0 Å². The minimum Gasteiger partial charge on any atom is -0.846 e. The molecule has 0 saturated carbocycles. The van der Waals surface area contributed by atoms with E-state index in [1.54, 1.807) is 6.92 Å². The third-order valence-electron chi connectivity index (χ3n) is 3.33. The molecule has 0 aromatic rings. The predicted octanol–water partition coefficient (Wildman–Crippen LogP) is -2.21. The number of ketones is 1. The Balaban J connectivity index is 0. The van der Waals surface area contributed by atoms with E-state index in [1.807, 2.05) is 13.8 Å². The van der Waals surface area contributed by atoms with Crippen molar-refractivity contribution in [2.24, 2.45) is 16.3 Å². The number of carbonyl (C=O) groups excluding carboxylic acids is 3. The van der Waals surface area contributed by atoms with Gasteiger partial charge in [-0.15, -0.1) is 0 Å². The maximum absolute atomic E-state index is 11.9. The van der Waals surface area contributed by atoms with E-state index in [1.165, 1.54) is 13.8 Å². The summed E-state index contributed by atoms with van der Waals surface area (Å²) in [6, 6.07) is -0.845. The van der Waals surface area contributed by atoms with Gasteiger partial charge in [-0.25, -0.2) is 4.99 Å². The molecule has 21 heavy (non-hydrogen) atoms. The molecule has 1 heterocycles. The summed E-state index contributed by atoms with van der Waals surface area (Å²) in [5.74, 6) is -1.03. The van der Waals surface area contributed by atoms with Crippen molar-refractivity contribution in [1.82, 2.24) is 5.32 Å². The molecule has 0 spiro atoms. The van der Waals surface area contributed by atoms with Gasteiger partial charge in [0, 0.05) is 0 Å². The molecule has 1 N–H and O–H groups in total. The third-order valence-corrected chi connectivity index (χ3v) is 3.33. The van der Waals surface area contributed by atoms with E-state index < -0.39 is 23.3 Å². The van der Waals surface area contributed by atoms with Gasteiger partial charge in [-0.2, -0.15) is 0 Å². The molecule has 114 valence electrons. The van der Waals surface area contributed by atoms with Crippen molar-refractivity contribution in [3.05, 3.63) is 0 Å². The molecule has 1 aliphatic rings. The first-order valence-corrected chi connectivity index (χ1v) is 6.81. The number of aliphatic imine (C=N–C) groups is 1. The Kier molecular flexibility index (Phi) is 10.8. The Bertz CT molecular complexity index is 419. The van der Waals surface area contributed by atoms with Crippen LogP contribution in [-0.4, -0.2) is 23.6 Å². The number of rotatable bonds is 4. The summed E-state index contributed by atoms with van der Waals surface area (Å²) in [5, 5.41) is 13.1. The zero-order valence-electron chi connectivity index (χ0n) is 13.8. The normalized spacial score (nSPS) is 22.0. The van der Waals surface area contributed by atoms with Crippen LogP contribution in [0.3, 0.4) is 0 Å². The molecule has 7 heteroatoms. The van der Waals surface area contributed by atoms with Crippen LogP contribution in [0, 0.1) is 11.3 Å². The molecule has 6 nitrogen and oxygen atoms in total. The van der Waals surface area contributed by atoms with E-state index in [0.29, 0.717) is 6.42 Å². The van der Waals surface area contributed by atoms with E-state index in [2.05, 4.69) is 10.3 Å². The second-order valence-corrected chi connectivity index (χ2v) is 5.10. The summed E-state index contributed by atoms with van der Waals surface area (Å²) >= 11 is 0. The van der Waals surface area contributed by atoms with E-state index in [9.17, 15) is 19.5 Å². The van der Waals surface area contributed by atoms with Gasteiger partial charge in [0.2, 0.25) is 5.91 Å². The average molecular weight is 306 g/mol. The fourth-order valence-electron chi connectivity index (χ4n) is 2.30. The van der Waals surface area contributed by atoms with Gasteiger partial charge >= 0.3 is 29.6 Å². The Morgan fingerprint density at radius 3 is 2.14 bits per heavy atom. The number of hydrogen-bond donors (Lipinski definition) is 1. The van der Waals surface area contributed by atoms with Crippen LogP contribution in [0.1, 0.15) is 53.9 Å². The second-order valence-electron chi connectivity index (χ2n) is 5.10. The van der Waals surface area contributed by atoms with Crippen molar-refractivity contribution in [3.63, 3.8) is 0 Å². The van der Waals surface area contributed by atoms with E-state index in [-0.39, 0.29) is 41.3 Å².